The molecule has 206 valence electrons. The van der Waals surface area contributed by atoms with E-state index in [0.29, 0.717) is 23.5 Å². The number of aliphatic carboxylic acids is 1. The Labute approximate surface area is 240 Å². The molecule has 1 saturated carbocycles. The molecule has 1 aliphatic carbocycles. The molecule has 1 atom stereocenters. The van der Waals surface area contributed by atoms with E-state index >= 15 is 0 Å². The summed E-state index contributed by atoms with van der Waals surface area (Å²) in [5, 5.41) is 18.9. The Bertz CT molecular complexity index is 1370. The highest BCUT2D eigenvalue weighted by atomic mass is 35.5. The first-order valence-electron chi connectivity index (χ1n) is 12.5. The minimum absolute atomic E-state index is 0.142. The molecule has 0 unspecified atom stereocenters. The lowest BCUT2D eigenvalue weighted by Crippen LogP contribution is -2.52. The van der Waals surface area contributed by atoms with E-state index in [9.17, 15) is 19.5 Å². The molecule has 1 aromatic heterocycles. The van der Waals surface area contributed by atoms with Crippen molar-refractivity contribution in [1.82, 2.24) is 5.32 Å². The molecular weight excluding hydrogens is 561 g/mol. The van der Waals surface area contributed by atoms with Gasteiger partial charge < -0.3 is 20.5 Å². The molecule has 11 heteroatoms. The minimum atomic E-state index is -1.09. The molecule has 39 heavy (non-hydrogen) atoms. The number of nitrogens with one attached hydrogen (secondary N) is 3. The van der Waals surface area contributed by atoms with E-state index < -0.39 is 29.4 Å². The third kappa shape index (κ3) is 6.66. The quantitative estimate of drug-likeness (QED) is 0.216. The first-order valence-corrected chi connectivity index (χ1v) is 14.0. The summed E-state index contributed by atoms with van der Waals surface area (Å²) in [7, 11) is 1.56. The number of carboxylic acid groups (broad SMARTS) is 1. The summed E-state index contributed by atoms with van der Waals surface area (Å²) in [5.41, 5.74) is 0.566. The average Bonchev–Trinajstić information content (AvgIpc) is 3.33. The second-order valence-corrected chi connectivity index (χ2v) is 11.6. The summed E-state index contributed by atoms with van der Waals surface area (Å²) in [4.78, 5) is 39.5. The molecule has 3 aromatic rings. The SMILES string of the molecule is COc1cccc(-c2cc(C(=O)N[C@H](C(=O)O)C3(C)CCCCC3)c(NC(=O)Nc3c(Cl)cccc3Cl)s2)c1. The summed E-state index contributed by atoms with van der Waals surface area (Å²) in [5.74, 6) is -1.05. The van der Waals surface area contributed by atoms with Crippen LogP contribution in [0.4, 0.5) is 15.5 Å². The average molecular weight is 591 g/mol. The summed E-state index contributed by atoms with van der Waals surface area (Å²) in [6, 6.07) is 12.0. The smallest absolute Gasteiger partial charge is 0.326 e. The summed E-state index contributed by atoms with van der Waals surface area (Å²) in [6.07, 6.45) is 4.27. The Balaban J connectivity index is 1.66. The molecule has 1 fully saturated rings. The van der Waals surface area contributed by atoms with Crippen molar-refractivity contribution in [2.24, 2.45) is 5.41 Å². The topological polar surface area (TPSA) is 117 Å². The zero-order valence-corrected chi connectivity index (χ0v) is 23.8. The van der Waals surface area contributed by atoms with Crippen LogP contribution < -0.4 is 20.7 Å². The molecule has 4 N–H and O–H groups in total. The van der Waals surface area contributed by atoms with Gasteiger partial charge in [-0.25, -0.2) is 9.59 Å². The standard InChI is InChI=1S/C28H29Cl2N3O5S/c1-28(12-4-3-5-13-28)23(26(35)36)32-24(34)18-15-21(16-8-6-9-17(14-16)38-2)39-25(18)33-27(37)31-22-19(29)10-7-11-20(22)30/h6-11,14-15,23H,3-5,12-13H2,1-2H3,(H,32,34)(H,35,36)(H2,31,33,37)/t23-/m1/s1. The molecule has 1 heterocycles. The fourth-order valence-electron chi connectivity index (χ4n) is 4.83. The number of amides is 3. The van der Waals surface area contributed by atoms with Gasteiger partial charge in [0.2, 0.25) is 0 Å². The summed E-state index contributed by atoms with van der Waals surface area (Å²) in [6.45, 7) is 1.90. The number of carbonyl (C=O) groups excluding carboxylic acids is 2. The first-order chi connectivity index (χ1) is 18.6. The van der Waals surface area contributed by atoms with Gasteiger partial charge in [-0.05, 0) is 54.2 Å². The Hall–Kier alpha value is -3.27. The number of carboxylic acids is 1. The normalized spacial score (nSPS) is 15.2. The third-order valence-electron chi connectivity index (χ3n) is 6.97. The Morgan fingerprint density at radius 2 is 1.67 bits per heavy atom. The maximum Gasteiger partial charge on any atom is 0.326 e. The number of benzene rings is 2. The van der Waals surface area contributed by atoms with Crippen molar-refractivity contribution in [3.63, 3.8) is 0 Å². The van der Waals surface area contributed by atoms with E-state index in [2.05, 4.69) is 16.0 Å². The predicted molar refractivity (Wildman–Crippen MR) is 155 cm³/mol. The first kappa shape index (κ1) is 28.7. The molecule has 0 radical (unpaired) electrons. The van der Waals surface area contributed by atoms with Crippen molar-refractivity contribution < 1.29 is 24.2 Å². The van der Waals surface area contributed by atoms with Crippen LogP contribution in [0.25, 0.3) is 10.4 Å². The van der Waals surface area contributed by atoms with Gasteiger partial charge in [-0.2, -0.15) is 0 Å². The Morgan fingerprint density at radius 1 is 1.00 bits per heavy atom. The lowest BCUT2D eigenvalue weighted by Gasteiger charge is -2.38. The second-order valence-electron chi connectivity index (χ2n) is 9.72. The number of halogens is 2. The van der Waals surface area contributed by atoms with Crippen molar-refractivity contribution in [3.05, 3.63) is 64.1 Å². The molecule has 3 amide bonds. The van der Waals surface area contributed by atoms with Crippen LogP contribution in [0.15, 0.2) is 48.5 Å². The molecule has 4 rings (SSSR count). The van der Waals surface area contributed by atoms with E-state index in [4.69, 9.17) is 27.9 Å². The highest BCUT2D eigenvalue weighted by Crippen LogP contribution is 2.41. The van der Waals surface area contributed by atoms with Crippen LogP contribution in [0.1, 0.15) is 49.4 Å². The highest BCUT2D eigenvalue weighted by Gasteiger charge is 2.41. The number of methoxy groups -OCH3 is 1. The van der Waals surface area contributed by atoms with Crippen LogP contribution in [-0.4, -0.2) is 36.2 Å². The Morgan fingerprint density at radius 3 is 2.31 bits per heavy atom. The number of para-hydroxylation sites is 1. The lowest BCUT2D eigenvalue weighted by atomic mass is 9.70. The van der Waals surface area contributed by atoms with Gasteiger partial charge in [-0.15, -0.1) is 11.3 Å². The van der Waals surface area contributed by atoms with Gasteiger partial charge in [0.15, 0.2) is 0 Å². The molecule has 0 saturated heterocycles. The molecule has 1 aliphatic rings. The van der Waals surface area contributed by atoms with Crippen LogP contribution in [0, 0.1) is 5.41 Å². The number of hydrogen-bond acceptors (Lipinski definition) is 5. The van der Waals surface area contributed by atoms with E-state index in [-0.39, 0.29) is 26.3 Å². The van der Waals surface area contributed by atoms with Gasteiger partial charge in [-0.1, -0.05) is 67.6 Å². The maximum absolute atomic E-state index is 13.6. The zero-order valence-electron chi connectivity index (χ0n) is 21.5. The van der Waals surface area contributed by atoms with Gasteiger partial charge in [0.25, 0.3) is 5.91 Å². The lowest BCUT2D eigenvalue weighted by molar-refractivity contribution is -0.143. The van der Waals surface area contributed by atoms with E-state index in [1.165, 1.54) is 11.3 Å². The molecule has 0 spiro atoms. The van der Waals surface area contributed by atoms with Gasteiger partial charge in [0.1, 0.15) is 16.8 Å². The number of ether oxygens (including phenoxy) is 1. The molecule has 0 aliphatic heterocycles. The fourth-order valence-corrected chi connectivity index (χ4v) is 6.37. The van der Waals surface area contributed by atoms with Crippen molar-refractivity contribution in [3.8, 4) is 16.2 Å². The number of rotatable bonds is 8. The summed E-state index contributed by atoms with van der Waals surface area (Å²) < 4.78 is 5.33. The fraction of sp³-hybridized carbons (Fsp3) is 0.321. The van der Waals surface area contributed by atoms with Crippen LogP contribution >= 0.6 is 34.5 Å². The number of urea groups is 1. The largest absolute Gasteiger partial charge is 0.497 e. The number of hydrogen-bond donors (Lipinski definition) is 4. The van der Waals surface area contributed by atoms with E-state index in [1.54, 1.807) is 37.4 Å². The van der Waals surface area contributed by atoms with Crippen molar-refractivity contribution in [1.29, 1.82) is 0 Å². The molecule has 2 aromatic carbocycles. The number of carbonyl (C=O) groups is 3. The monoisotopic (exact) mass is 589 g/mol. The van der Waals surface area contributed by atoms with Gasteiger partial charge in [-0.3, -0.25) is 10.1 Å². The van der Waals surface area contributed by atoms with Gasteiger partial charge >= 0.3 is 12.0 Å². The summed E-state index contributed by atoms with van der Waals surface area (Å²) >= 11 is 13.6. The van der Waals surface area contributed by atoms with Crippen LogP contribution in [0.5, 0.6) is 5.75 Å². The number of thiophene rings is 1. The zero-order chi connectivity index (χ0) is 28.2. The van der Waals surface area contributed by atoms with Crippen LogP contribution in [0.3, 0.4) is 0 Å². The van der Waals surface area contributed by atoms with Gasteiger partial charge in [0.05, 0.1) is 28.4 Å². The third-order valence-corrected chi connectivity index (χ3v) is 8.70. The number of anilines is 2. The van der Waals surface area contributed by atoms with E-state index in [1.807, 2.05) is 25.1 Å². The molecular formula is C28H29Cl2N3O5S. The Kier molecular flexibility index (Phi) is 9.04. The van der Waals surface area contributed by atoms with Crippen LogP contribution in [-0.2, 0) is 4.79 Å². The van der Waals surface area contributed by atoms with Crippen molar-refractivity contribution in [2.75, 3.05) is 17.7 Å². The van der Waals surface area contributed by atoms with E-state index in [0.717, 1.165) is 24.8 Å². The van der Waals surface area contributed by atoms with Crippen molar-refractivity contribution >= 4 is 63.1 Å². The highest BCUT2D eigenvalue weighted by molar-refractivity contribution is 7.20. The predicted octanol–water partition coefficient (Wildman–Crippen LogP) is 7.53. The second kappa shape index (κ2) is 12.3. The van der Waals surface area contributed by atoms with Crippen LogP contribution in [0.2, 0.25) is 10.0 Å². The molecule has 8 nitrogen and oxygen atoms in total. The minimum Gasteiger partial charge on any atom is -0.497 e. The maximum atomic E-state index is 13.6. The van der Waals surface area contributed by atoms with Crippen molar-refractivity contribution in [2.45, 2.75) is 45.1 Å². The molecule has 0 bridgehead atoms. The van der Waals surface area contributed by atoms with Gasteiger partial charge in [0, 0.05) is 4.88 Å².